The van der Waals surface area contributed by atoms with E-state index in [1.54, 1.807) is 0 Å². The maximum Gasteiger partial charge on any atom is 0.221 e. The second-order valence-electron chi connectivity index (χ2n) is 4.97. The molecular weight excluding hydrogens is 276 g/mol. The highest BCUT2D eigenvalue weighted by Gasteiger charge is 2.06. The Hall–Kier alpha value is -2.49. The molecule has 0 aliphatic rings. The average Bonchev–Trinajstić information content (AvgIpc) is 2.52. The number of likely N-dealkylation sites (N-methyl/N-ethyl adjacent to an activating group) is 1. The molecule has 2 aromatic carbocycles. The van der Waals surface area contributed by atoms with Gasteiger partial charge >= 0.3 is 0 Å². The van der Waals surface area contributed by atoms with Crippen LogP contribution in [0.15, 0.2) is 54.6 Å². The van der Waals surface area contributed by atoms with Crippen molar-refractivity contribution in [2.45, 2.75) is 13.8 Å². The van der Waals surface area contributed by atoms with Crippen molar-refractivity contribution in [3.8, 4) is 5.75 Å². The fraction of sp³-hybridized carbons (Fsp3) is 0.278. The lowest BCUT2D eigenvalue weighted by atomic mass is 10.2. The van der Waals surface area contributed by atoms with Crippen molar-refractivity contribution in [3.05, 3.63) is 54.6 Å². The second kappa shape index (κ2) is 8.08. The molecule has 0 aliphatic heterocycles. The number of carbonyl (C=O) groups is 1. The molecule has 4 heteroatoms. The van der Waals surface area contributed by atoms with Crippen LogP contribution in [0.1, 0.15) is 13.8 Å². The molecule has 4 nitrogen and oxygen atoms in total. The fourth-order valence-electron chi connectivity index (χ4n) is 2.24. The Morgan fingerprint density at radius 2 is 1.91 bits per heavy atom. The third kappa shape index (κ3) is 4.81. The lowest BCUT2D eigenvalue weighted by Gasteiger charge is -2.23. The molecule has 0 unspecified atom stereocenters. The first-order valence-electron chi connectivity index (χ1n) is 7.49. The Morgan fingerprint density at radius 3 is 2.59 bits per heavy atom. The van der Waals surface area contributed by atoms with E-state index in [0.717, 1.165) is 30.2 Å². The zero-order valence-electron chi connectivity index (χ0n) is 13.1. The van der Waals surface area contributed by atoms with E-state index >= 15 is 0 Å². The first-order valence-corrected chi connectivity index (χ1v) is 7.49. The van der Waals surface area contributed by atoms with Crippen LogP contribution in [-0.4, -0.2) is 25.6 Å². The molecule has 0 bridgehead atoms. The highest BCUT2D eigenvalue weighted by molar-refractivity contribution is 5.89. The molecule has 0 aliphatic carbocycles. The van der Waals surface area contributed by atoms with Gasteiger partial charge in [-0.15, -0.1) is 0 Å². The van der Waals surface area contributed by atoms with Crippen molar-refractivity contribution in [1.82, 2.24) is 0 Å². The lowest BCUT2D eigenvalue weighted by Crippen LogP contribution is -2.28. The predicted octanol–water partition coefficient (Wildman–Crippen LogP) is 3.55. The van der Waals surface area contributed by atoms with Crippen molar-refractivity contribution in [1.29, 1.82) is 0 Å². The summed E-state index contributed by atoms with van der Waals surface area (Å²) in [6.07, 6.45) is 0. The Kier molecular flexibility index (Phi) is 5.83. The minimum atomic E-state index is -0.0624. The summed E-state index contributed by atoms with van der Waals surface area (Å²) in [5, 5.41) is 2.81. The Bertz CT molecular complexity index is 599. The minimum absolute atomic E-state index is 0.0624. The summed E-state index contributed by atoms with van der Waals surface area (Å²) in [7, 11) is 0. The molecule has 0 fully saturated rings. The highest BCUT2D eigenvalue weighted by Crippen LogP contribution is 2.19. The van der Waals surface area contributed by atoms with E-state index < -0.39 is 0 Å². The standard InChI is InChI=1S/C18H22N2O2/c1-3-20(12-13-22-18-10-5-4-6-11-18)17-9-7-8-16(14-17)19-15(2)21/h4-11,14H,3,12-13H2,1-2H3,(H,19,21). The summed E-state index contributed by atoms with van der Waals surface area (Å²) >= 11 is 0. The van der Waals surface area contributed by atoms with Crippen molar-refractivity contribution in [3.63, 3.8) is 0 Å². The largest absolute Gasteiger partial charge is 0.492 e. The van der Waals surface area contributed by atoms with Gasteiger partial charge in [-0.05, 0) is 37.3 Å². The minimum Gasteiger partial charge on any atom is -0.492 e. The molecule has 0 aromatic heterocycles. The Balaban J connectivity index is 1.94. The maximum absolute atomic E-state index is 11.1. The van der Waals surface area contributed by atoms with Gasteiger partial charge in [0.2, 0.25) is 5.91 Å². The highest BCUT2D eigenvalue weighted by atomic mass is 16.5. The summed E-state index contributed by atoms with van der Waals surface area (Å²) in [5.41, 5.74) is 1.89. The quantitative estimate of drug-likeness (QED) is 0.850. The van der Waals surface area contributed by atoms with Crippen LogP contribution in [-0.2, 0) is 4.79 Å². The number of ether oxygens (including phenoxy) is 1. The van der Waals surface area contributed by atoms with Gasteiger partial charge in [0.05, 0.1) is 6.54 Å². The molecule has 1 N–H and O–H groups in total. The van der Waals surface area contributed by atoms with Gasteiger partial charge in [-0.3, -0.25) is 4.79 Å². The van der Waals surface area contributed by atoms with Gasteiger partial charge < -0.3 is 15.0 Å². The number of anilines is 2. The summed E-state index contributed by atoms with van der Waals surface area (Å²) in [6.45, 7) is 5.89. The number of amides is 1. The van der Waals surface area contributed by atoms with Crippen molar-refractivity contribution >= 4 is 17.3 Å². The van der Waals surface area contributed by atoms with Gasteiger partial charge in [0.25, 0.3) is 0 Å². The van der Waals surface area contributed by atoms with E-state index in [4.69, 9.17) is 4.74 Å². The van der Waals surface area contributed by atoms with Gasteiger partial charge in [0, 0.05) is 24.8 Å². The average molecular weight is 298 g/mol. The van der Waals surface area contributed by atoms with Gasteiger partial charge in [0.1, 0.15) is 12.4 Å². The summed E-state index contributed by atoms with van der Waals surface area (Å²) in [5.74, 6) is 0.818. The van der Waals surface area contributed by atoms with Crippen LogP contribution in [0.3, 0.4) is 0 Å². The normalized spacial score (nSPS) is 10.1. The second-order valence-corrected chi connectivity index (χ2v) is 4.97. The van der Waals surface area contributed by atoms with Crippen LogP contribution in [0.2, 0.25) is 0 Å². The molecule has 116 valence electrons. The van der Waals surface area contributed by atoms with E-state index in [0.29, 0.717) is 6.61 Å². The van der Waals surface area contributed by atoms with E-state index in [2.05, 4.69) is 17.1 Å². The number of rotatable bonds is 7. The lowest BCUT2D eigenvalue weighted by molar-refractivity contribution is -0.114. The molecule has 2 rings (SSSR count). The third-order valence-electron chi connectivity index (χ3n) is 3.29. The first-order chi connectivity index (χ1) is 10.7. The van der Waals surface area contributed by atoms with E-state index in [1.165, 1.54) is 6.92 Å². The maximum atomic E-state index is 11.1. The van der Waals surface area contributed by atoms with Gasteiger partial charge in [-0.2, -0.15) is 0 Å². The number of nitrogens with zero attached hydrogens (tertiary/aromatic N) is 1. The molecule has 2 aromatic rings. The van der Waals surface area contributed by atoms with Gasteiger partial charge in [-0.1, -0.05) is 24.3 Å². The topological polar surface area (TPSA) is 41.6 Å². The molecular formula is C18H22N2O2. The number of hydrogen-bond acceptors (Lipinski definition) is 3. The predicted molar refractivity (Wildman–Crippen MR) is 90.6 cm³/mol. The van der Waals surface area contributed by atoms with Crippen LogP contribution < -0.4 is 15.0 Å². The molecule has 0 heterocycles. The smallest absolute Gasteiger partial charge is 0.221 e. The van der Waals surface area contributed by atoms with Crippen LogP contribution in [0.4, 0.5) is 11.4 Å². The summed E-state index contributed by atoms with van der Waals surface area (Å²) < 4.78 is 5.74. The van der Waals surface area contributed by atoms with Crippen molar-refractivity contribution < 1.29 is 9.53 Å². The molecule has 0 radical (unpaired) electrons. The van der Waals surface area contributed by atoms with Crippen molar-refractivity contribution in [2.24, 2.45) is 0 Å². The fourth-order valence-corrected chi connectivity index (χ4v) is 2.24. The van der Waals surface area contributed by atoms with Gasteiger partial charge in [-0.25, -0.2) is 0 Å². The molecule has 0 atom stereocenters. The molecule has 0 saturated carbocycles. The zero-order chi connectivity index (χ0) is 15.8. The third-order valence-corrected chi connectivity index (χ3v) is 3.29. The van der Waals surface area contributed by atoms with Crippen LogP contribution in [0.25, 0.3) is 0 Å². The molecule has 0 saturated heterocycles. The van der Waals surface area contributed by atoms with E-state index in [-0.39, 0.29) is 5.91 Å². The number of carbonyl (C=O) groups excluding carboxylic acids is 1. The first kappa shape index (κ1) is 15.9. The SMILES string of the molecule is CCN(CCOc1ccccc1)c1cccc(NC(C)=O)c1. The number of para-hydroxylation sites is 1. The monoisotopic (exact) mass is 298 g/mol. The molecule has 22 heavy (non-hydrogen) atoms. The van der Waals surface area contributed by atoms with Crippen LogP contribution >= 0.6 is 0 Å². The van der Waals surface area contributed by atoms with E-state index in [9.17, 15) is 4.79 Å². The van der Waals surface area contributed by atoms with E-state index in [1.807, 2.05) is 54.6 Å². The zero-order valence-corrected chi connectivity index (χ0v) is 13.1. The molecule has 1 amide bonds. The summed E-state index contributed by atoms with van der Waals surface area (Å²) in [6, 6.07) is 17.7. The number of benzene rings is 2. The van der Waals surface area contributed by atoms with Crippen LogP contribution in [0.5, 0.6) is 5.75 Å². The summed E-state index contributed by atoms with van der Waals surface area (Å²) in [4.78, 5) is 13.4. The van der Waals surface area contributed by atoms with Crippen LogP contribution in [0, 0.1) is 0 Å². The number of nitrogens with one attached hydrogen (secondary N) is 1. The number of hydrogen-bond donors (Lipinski definition) is 1. The van der Waals surface area contributed by atoms with Crippen molar-refractivity contribution in [2.75, 3.05) is 29.9 Å². The Labute approximate surface area is 131 Å². The van der Waals surface area contributed by atoms with Gasteiger partial charge in [0.15, 0.2) is 0 Å². The Morgan fingerprint density at radius 1 is 1.14 bits per heavy atom. The molecule has 0 spiro atoms.